The predicted molar refractivity (Wildman–Crippen MR) is 131 cm³/mol. The van der Waals surface area contributed by atoms with Crippen LogP contribution in [0.4, 0.5) is 0 Å². The van der Waals surface area contributed by atoms with Crippen molar-refractivity contribution in [1.29, 1.82) is 10.7 Å². The lowest BCUT2D eigenvalue weighted by Gasteiger charge is -2.45. The number of benzene rings is 2. The molecule has 0 amide bonds. The van der Waals surface area contributed by atoms with Crippen LogP contribution in [-0.4, -0.2) is 33.9 Å². The van der Waals surface area contributed by atoms with Crippen LogP contribution in [0.1, 0.15) is 44.4 Å². The number of ether oxygens (including phenoxy) is 2. The maximum absolute atomic E-state index is 9.69. The van der Waals surface area contributed by atoms with Gasteiger partial charge in [-0.1, -0.05) is 30.3 Å². The van der Waals surface area contributed by atoms with Crippen LogP contribution in [0.15, 0.2) is 48.5 Å². The Labute approximate surface area is 198 Å². The van der Waals surface area contributed by atoms with Gasteiger partial charge >= 0.3 is 0 Å². The SMILES string of the molecule is COc1ccc(C2(CCn3c(=N)c(C#N)nc4c5ccccc5[nH]c43)CCOC(C)(C)C2)cc1. The summed E-state index contributed by atoms with van der Waals surface area (Å²) in [5.74, 6) is 0.834. The molecule has 1 saturated heterocycles. The molecular weight excluding hydrogens is 426 g/mol. The van der Waals surface area contributed by atoms with Gasteiger partial charge in [-0.3, -0.25) is 5.41 Å². The molecule has 34 heavy (non-hydrogen) atoms. The van der Waals surface area contributed by atoms with E-state index in [1.807, 2.05) is 41.0 Å². The number of nitriles is 1. The second-order valence-electron chi connectivity index (χ2n) is 9.73. The molecule has 0 aliphatic carbocycles. The molecule has 1 atom stereocenters. The van der Waals surface area contributed by atoms with Crippen molar-refractivity contribution in [3.05, 3.63) is 65.3 Å². The number of para-hydroxylation sites is 1. The maximum atomic E-state index is 9.69. The molecule has 3 heterocycles. The summed E-state index contributed by atoms with van der Waals surface area (Å²) in [6.07, 6.45) is 2.57. The average Bonchev–Trinajstić information content (AvgIpc) is 3.20. The van der Waals surface area contributed by atoms with Crippen molar-refractivity contribution in [3.63, 3.8) is 0 Å². The van der Waals surface area contributed by atoms with Gasteiger partial charge in [-0.05, 0) is 56.9 Å². The number of aryl methyl sites for hydroxylation is 1. The largest absolute Gasteiger partial charge is 0.497 e. The van der Waals surface area contributed by atoms with Crippen molar-refractivity contribution in [3.8, 4) is 11.8 Å². The molecule has 7 nitrogen and oxygen atoms in total. The van der Waals surface area contributed by atoms with E-state index in [0.29, 0.717) is 13.2 Å². The fourth-order valence-corrected chi connectivity index (χ4v) is 5.48. The summed E-state index contributed by atoms with van der Waals surface area (Å²) in [5.41, 5.74) is 3.61. The quantitative estimate of drug-likeness (QED) is 0.452. The summed E-state index contributed by atoms with van der Waals surface area (Å²) < 4.78 is 13.4. The number of nitrogens with zero attached hydrogens (tertiary/aromatic N) is 3. The predicted octanol–water partition coefficient (Wildman–Crippen LogP) is 4.79. The van der Waals surface area contributed by atoms with Gasteiger partial charge in [0.25, 0.3) is 0 Å². The minimum atomic E-state index is -0.251. The Morgan fingerprint density at radius 1 is 1.21 bits per heavy atom. The molecule has 1 aliphatic rings. The molecule has 5 rings (SSSR count). The number of aromatic nitrogens is 3. The van der Waals surface area contributed by atoms with Crippen molar-refractivity contribution in [2.24, 2.45) is 0 Å². The first-order chi connectivity index (χ1) is 16.4. The van der Waals surface area contributed by atoms with Crippen molar-refractivity contribution in [2.45, 2.75) is 50.7 Å². The van der Waals surface area contributed by atoms with E-state index in [-0.39, 0.29) is 22.2 Å². The number of fused-ring (bicyclic) bond motifs is 3. The van der Waals surface area contributed by atoms with Crippen LogP contribution in [0.25, 0.3) is 22.1 Å². The maximum Gasteiger partial charge on any atom is 0.183 e. The van der Waals surface area contributed by atoms with E-state index in [0.717, 1.165) is 47.1 Å². The van der Waals surface area contributed by atoms with E-state index < -0.39 is 0 Å². The van der Waals surface area contributed by atoms with Gasteiger partial charge in [0.05, 0.1) is 12.7 Å². The lowest BCUT2D eigenvalue weighted by molar-refractivity contribution is -0.0848. The number of methoxy groups -OCH3 is 1. The van der Waals surface area contributed by atoms with Crippen LogP contribution >= 0.6 is 0 Å². The number of H-pyrrole nitrogens is 1. The van der Waals surface area contributed by atoms with Gasteiger partial charge in [0.2, 0.25) is 0 Å². The van der Waals surface area contributed by atoms with Crippen LogP contribution in [0.3, 0.4) is 0 Å². The Balaban J connectivity index is 1.61. The Kier molecular flexibility index (Phi) is 5.41. The normalized spacial score (nSPS) is 19.8. The van der Waals surface area contributed by atoms with Crippen molar-refractivity contribution in [2.75, 3.05) is 13.7 Å². The van der Waals surface area contributed by atoms with Gasteiger partial charge < -0.3 is 19.0 Å². The molecule has 2 aromatic heterocycles. The monoisotopic (exact) mass is 455 g/mol. The lowest BCUT2D eigenvalue weighted by atomic mass is 9.67. The first-order valence-corrected chi connectivity index (χ1v) is 11.6. The molecule has 0 saturated carbocycles. The Morgan fingerprint density at radius 3 is 2.68 bits per heavy atom. The fraction of sp³-hybridized carbons (Fsp3) is 0.370. The summed E-state index contributed by atoms with van der Waals surface area (Å²) in [6, 6.07) is 18.4. The summed E-state index contributed by atoms with van der Waals surface area (Å²) in [5, 5.41) is 19.4. The zero-order valence-electron chi connectivity index (χ0n) is 19.8. The number of rotatable bonds is 5. The summed E-state index contributed by atoms with van der Waals surface area (Å²) >= 11 is 0. The van der Waals surface area contributed by atoms with Gasteiger partial charge in [-0.25, -0.2) is 4.98 Å². The Bertz CT molecular complexity index is 1460. The van der Waals surface area contributed by atoms with E-state index in [1.165, 1.54) is 5.56 Å². The molecule has 0 bridgehead atoms. The standard InChI is InChI=1S/C27H29N5O2/c1-26(2)17-27(13-15-34-26,18-8-10-19(33-3)11-9-18)12-14-32-24(29)22(16-28)30-23-20-6-4-5-7-21(20)31-25(23)32/h4-11,29,31H,12-15,17H2,1-3H3. The number of hydrogen-bond donors (Lipinski definition) is 2. The van der Waals surface area contributed by atoms with Gasteiger partial charge in [0.15, 0.2) is 11.2 Å². The average molecular weight is 456 g/mol. The van der Waals surface area contributed by atoms with Crippen LogP contribution in [0, 0.1) is 16.7 Å². The highest BCUT2D eigenvalue weighted by atomic mass is 16.5. The van der Waals surface area contributed by atoms with Gasteiger partial charge in [0, 0.05) is 29.5 Å². The Hall–Kier alpha value is -3.63. The van der Waals surface area contributed by atoms with Crippen molar-refractivity contribution < 1.29 is 9.47 Å². The fourth-order valence-electron chi connectivity index (χ4n) is 5.48. The molecule has 2 N–H and O–H groups in total. The van der Waals surface area contributed by atoms with Crippen LogP contribution < -0.4 is 10.2 Å². The van der Waals surface area contributed by atoms with Crippen LogP contribution in [-0.2, 0) is 16.7 Å². The first-order valence-electron chi connectivity index (χ1n) is 11.6. The highest BCUT2D eigenvalue weighted by molar-refractivity contribution is 6.03. The minimum absolute atomic E-state index is 0.123. The van der Waals surface area contributed by atoms with Crippen molar-refractivity contribution in [1.82, 2.24) is 14.5 Å². The van der Waals surface area contributed by atoms with E-state index in [2.05, 4.69) is 42.0 Å². The van der Waals surface area contributed by atoms with Gasteiger partial charge in [-0.2, -0.15) is 5.26 Å². The highest BCUT2D eigenvalue weighted by Gasteiger charge is 2.42. The second-order valence-corrected chi connectivity index (χ2v) is 9.73. The molecule has 174 valence electrons. The number of hydrogen-bond acceptors (Lipinski definition) is 5. The van der Waals surface area contributed by atoms with Crippen molar-refractivity contribution >= 4 is 22.1 Å². The van der Waals surface area contributed by atoms with Crippen LogP contribution in [0.5, 0.6) is 5.75 Å². The zero-order valence-corrected chi connectivity index (χ0v) is 19.8. The van der Waals surface area contributed by atoms with Crippen LogP contribution in [0.2, 0.25) is 0 Å². The highest BCUT2D eigenvalue weighted by Crippen LogP contribution is 2.44. The molecule has 4 aromatic rings. The van der Waals surface area contributed by atoms with E-state index >= 15 is 0 Å². The first kappa shape index (κ1) is 22.2. The second kappa shape index (κ2) is 8.30. The van der Waals surface area contributed by atoms with E-state index in [9.17, 15) is 5.26 Å². The molecular formula is C27H29N5O2. The zero-order chi connectivity index (χ0) is 23.9. The summed E-state index contributed by atoms with van der Waals surface area (Å²) in [7, 11) is 1.68. The Morgan fingerprint density at radius 2 is 1.97 bits per heavy atom. The van der Waals surface area contributed by atoms with Gasteiger partial charge in [0.1, 0.15) is 23.0 Å². The smallest absolute Gasteiger partial charge is 0.183 e. The number of nitrogens with one attached hydrogen (secondary N) is 2. The number of aromatic amines is 1. The van der Waals surface area contributed by atoms with E-state index in [4.69, 9.17) is 14.9 Å². The molecule has 0 spiro atoms. The third kappa shape index (κ3) is 3.74. The minimum Gasteiger partial charge on any atom is -0.497 e. The van der Waals surface area contributed by atoms with Gasteiger partial charge in [-0.15, -0.1) is 0 Å². The third-order valence-electron chi connectivity index (χ3n) is 7.11. The molecule has 1 aliphatic heterocycles. The molecule has 2 aromatic carbocycles. The summed E-state index contributed by atoms with van der Waals surface area (Å²) in [4.78, 5) is 7.96. The summed E-state index contributed by atoms with van der Waals surface area (Å²) in [6.45, 7) is 5.55. The third-order valence-corrected chi connectivity index (χ3v) is 7.11. The molecule has 1 unspecified atom stereocenters. The molecule has 0 radical (unpaired) electrons. The lowest BCUT2D eigenvalue weighted by Crippen LogP contribution is -2.45. The topological polar surface area (TPSA) is 99.7 Å². The molecule has 7 heteroatoms. The van der Waals surface area contributed by atoms with E-state index in [1.54, 1.807) is 7.11 Å². The molecule has 1 fully saturated rings.